The molecule has 7 heteroatoms. The van der Waals surface area contributed by atoms with Crippen molar-refractivity contribution in [1.29, 1.82) is 5.26 Å². The van der Waals surface area contributed by atoms with E-state index in [1.807, 2.05) is 6.07 Å². The summed E-state index contributed by atoms with van der Waals surface area (Å²) in [7, 11) is 0. The van der Waals surface area contributed by atoms with Gasteiger partial charge in [0.2, 0.25) is 5.89 Å². The summed E-state index contributed by atoms with van der Waals surface area (Å²) >= 11 is 0. The molecule has 3 rings (SSSR count). The van der Waals surface area contributed by atoms with Gasteiger partial charge in [-0.3, -0.25) is 4.79 Å². The highest BCUT2D eigenvalue weighted by Gasteiger charge is 2.29. The number of nitrogens with zero attached hydrogens (tertiary/aromatic N) is 3. The first kappa shape index (κ1) is 11.5. The van der Waals surface area contributed by atoms with Gasteiger partial charge in [0.1, 0.15) is 11.8 Å². The smallest absolute Gasteiger partial charge is 0.268 e. The molecule has 0 aromatic carbocycles. The molecule has 2 N–H and O–H groups in total. The SMILES string of the molecule is N#Cc1c[nH]c(C(=O)NCc2noc(C3CC3)n2)c1. The second-order valence-electron chi connectivity index (χ2n) is 4.42. The predicted molar refractivity (Wildman–Crippen MR) is 63.0 cm³/mol. The molecule has 0 spiro atoms. The second-order valence-corrected chi connectivity index (χ2v) is 4.42. The van der Waals surface area contributed by atoms with Crippen LogP contribution in [0.3, 0.4) is 0 Å². The van der Waals surface area contributed by atoms with Crippen LogP contribution >= 0.6 is 0 Å². The Morgan fingerprint density at radius 2 is 2.47 bits per heavy atom. The van der Waals surface area contributed by atoms with Crippen molar-refractivity contribution in [2.45, 2.75) is 25.3 Å². The first-order valence-corrected chi connectivity index (χ1v) is 5.95. The molecule has 7 nitrogen and oxygen atoms in total. The van der Waals surface area contributed by atoms with E-state index in [2.05, 4.69) is 20.4 Å². The highest BCUT2D eigenvalue weighted by molar-refractivity contribution is 5.92. The zero-order valence-electron chi connectivity index (χ0n) is 10.0. The van der Waals surface area contributed by atoms with Crippen molar-refractivity contribution in [3.05, 3.63) is 35.2 Å². The van der Waals surface area contributed by atoms with Gasteiger partial charge in [-0.1, -0.05) is 5.16 Å². The Bertz CT molecular complexity index is 647. The number of aromatic amines is 1. The van der Waals surface area contributed by atoms with E-state index < -0.39 is 0 Å². The van der Waals surface area contributed by atoms with Crippen molar-refractivity contribution in [2.24, 2.45) is 0 Å². The van der Waals surface area contributed by atoms with Crippen LogP contribution < -0.4 is 5.32 Å². The molecule has 1 amide bonds. The van der Waals surface area contributed by atoms with Crippen molar-refractivity contribution in [3.8, 4) is 6.07 Å². The van der Waals surface area contributed by atoms with Gasteiger partial charge in [0.05, 0.1) is 12.1 Å². The minimum absolute atomic E-state index is 0.204. The lowest BCUT2D eigenvalue weighted by molar-refractivity contribution is 0.0945. The van der Waals surface area contributed by atoms with E-state index in [0.29, 0.717) is 28.9 Å². The van der Waals surface area contributed by atoms with E-state index in [-0.39, 0.29) is 12.5 Å². The number of nitriles is 1. The topological polar surface area (TPSA) is 108 Å². The number of carbonyl (C=O) groups excluding carboxylic acids is 1. The number of hydrogen-bond donors (Lipinski definition) is 2. The summed E-state index contributed by atoms with van der Waals surface area (Å²) < 4.78 is 5.08. The van der Waals surface area contributed by atoms with Crippen LogP contribution in [0.4, 0.5) is 0 Å². The van der Waals surface area contributed by atoms with Gasteiger partial charge in [-0.2, -0.15) is 10.2 Å². The van der Waals surface area contributed by atoms with Crippen LogP contribution in [0.25, 0.3) is 0 Å². The summed E-state index contributed by atoms with van der Waals surface area (Å²) in [5.74, 6) is 1.20. The third-order valence-corrected chi connectivity index (χ3v) is 2.87. The zero-order chi connectivity index (χ0) is 13.2. The van der Waals surface area contributed by atoms with Crippen LogP contribution in [0, 0.1) is 11.3 Å². The summed E-state index contributed by atoms with van der Waals surface area (Å²) in [5, 5.41) is 15.1. The van der Waals surface area contributed by atoms with Crippen LogP contribution in [0.1, 0.15) is 46.5 Å². The zero-order valence-corrected chi connectivity index (χ0v) is 10.0. The molecule has 0 aliphatic heterocycles. The molecule has 2 aromatic heterocycles. The Kier molecular flexibility index (Phi) is 2.76. The normalized spacial score (nSPS) is 14.1. The summed E-state index contributed by atoms with van der Waals surface area (Å²) in [6, 6.07) is 3.44. The number of carbonyl (C=O) groups is 1. The molecule has 0 unspecified atom stereocenters. The summed E-state index contributed by atoms with van der Waals surface area (Å²) in [6.45, 7) is 0.204. The minimum atomic E-state index is -0.306. The predicted octanol–water partition coefficient (Wildman–Crippen LogP) is 1.08. The fraction of sp³-hybridized carbons (Fsp3) is 0.333. The van der Waals surface area contributed by atoms with Crippen LogP contribution in [-0.2, 0) is 6.54 Å². The maximum atomic E-state index is 11.8. The van der Waals surface area contributed by atoms with Crippen LogP contribution in [0.5, 0.6) is 0 Å². The molecule has 96 valence electrons. The van der Waals surface area contributed by atoms with Crippen molar-refractivity contribution >= 4 is 5.91 Å². The van der Waals surface area contributed by atoms with Crippen LogP contribution in [-0.4, -0.2) is 21.0 Å². The van der Waals surface area contributed by atoms with Gasteiger partial charge in [-0.25, -0.2) is 0 Å². The molecular weight excluding hydrogens is 246 g/mol. The van der Waals surface area contributed by atoms with Gasteiger partial charge >= 0.3 is 0 Å². The van der Waals surface area contributed by atoms with Crippen LogP contribution in [0.2, 0.25) is 0 Å². The molecule has 0 saturated heterocycles. The molecule has 19 heavy (non-hydrogen) atoms. The van der Waals surface area contributed by atoms with Crippen molar-refractivity contribution in [1.82, 2.24) is 20.4 Å². The lowest BCUT2D eigenvalue weighted by Gasteiger charge is -1.98. The number of nitrogens with one attached hydrogen (secondary N) is 2. The number of H-pyrrole nitrogens is 1. The number of rotatable bonds is 4. The Hall–Kier alpha value is -2.62. The third kappa shape index (κ3) is 2.47. The van der Waals surface area contributed by atoms with Crippen LogP contribution in [0.15, 0.2) is 16.8 Å². The Labute approximate surface area is 108 Å². The fourth-order valence-corrected chi connectivity index (χ4v) is 1.68. The monoisotopic (exact) mass is 257 g/mol. The molecule has 1 saturated carbocycles. The van der Waals surface area contributed by atoms with Gasteiger partial charge in [0, 0.05) is 12.1 Å². The van der Waals surface area contributed by atoms with E-state index in [0.717, 1.165) is 12.8 Å². The van der Waals surface area contributed by atoms with Crippen molar-refractivity contribution in [2.75, 3.05) is 0 Å². The Morgan fingerprint density at radius 1 is 1.63 bits per heavy atom. The average molecular weight is 257 g/mol. The van der Waals surface area contributed by atoms with E-state index >= 15 is 0 Å². The second kappa shape index (κ2) is 4.57. The van der Waals surface area contributed by atoms with Crippen molar-refractivity contribution < 1.29 is 9.32 Å². The van der Waals surface area contributed by atoms with E-state index in [9.17, 15) is 4.79 Å². The summed E-state index contributed by atoms with van der Waals surface area (Å²) in [4.78, 5) is 18.7. The lowest BCUT2D eigenvalue weighted by Crippen LogP contribution is -2.23. The maximum absolute atomic E-state index is 11.8. The molecule has 2 heterocycles. The van der Waals surface area contributed by atoms with Crippen molar-refractivity contribution in [3.63, 3.8) is 0 Å². The van der Waals surface area contributed by atoms with Gasteiger partial charge in [0.25, 0.3) is 5.91 Å². The van der Waals surface area contributed by atoms with Gasteiger partial charge < -0.3 is 14.8 Å². The maximum Gasteiger partial charge on any atom is 0.268 e. The first-order valence-electron chi connectivity index (χ1n) is 5.95. The Morgan fingerprint density at radius 3 is 3.16 bits per heavy atom. The third-order valence-electron chi connectivity index (χ3n) is 2.87. The number of hydrogen-bond acceptors (Lipinski definition) is 5. The Balaban J connectivity index is 1.58. The minimum Gasteiger partial charge on any atom is -0.356 e. The van der Waals surface area contributed by atoms with E-state index in [1.165, 1.54) is 12.3 Å². The van der Waals surface area contributed by atoms with Gasteiger partial charge in [0.15, 0.2) is 5.82 Å². The highest BCUT2D eigenvalue weighted by Crippen LogP contribution is 2.38. The largest absolute Gasteiger partial charge is 0.356 e. The quantitative estimate of drug-likeness (QED) is 0.851. The van der Waals surface area contributed by atoms with E-state index in [4.69, 9.17) is 9.78 Å². The summed E-state index contributed by atoms with van der Waals surface area (Å²) in [5.41, 5.74) is 0.753. The lowest BCUT2D eigenvalue weighted by atomic mass is 10.3. The molecular formula is C12H11N5O2. The molecule has 0 bridgehead atoms. The van der Waals surface area contributed by atoms with Gasteiger partial charge in [-0.15, -0.1) is 0 Å². The van der Waals surface area contributed by atoms with E-state index in [1.54, 1.807) is 0 Å². The molecule has 0 radical (unpaired) electrons. The fourth-order valence-electron chi connectivity index (χ4n) is 1.68. The standard InChI is InChI=1S/C12H11N5O2/c13-4-7-3-9(14-5-7)11(18)15-6-10-16-12(19-17-10)8-1-2-8/h3,5,8,14H,1-2,6H2,(H,15,18). The highest BCUT2D eigenvalue weighted by atomic mass is 16.5. The number of amides is 1. The first-order chi connectivity index (χ1) is 9.26. The molecule has 1 aliphatic carbocycles. The van der Waals surface area contributed by atoms with Gasteiger partial charge in [-0.05, 0) is 18.9 Å². The molecule has 2 aromatic rings. The molecule has 1 fully saturated rings. The summed E-state index contributed by atoms with van der Waals surface area (Å²) in [6.07, 6.45) is 3.66. The average Bonchev–Trinajstić information content (AvgIpc) is 2.99. The molecule has 0 atom stereocenters. The molecule has 1 aliphatic rings. The number of aromatic nitrogens is 3.